The lowest BCUT2D eigenvalue weighted by atomic mass is 9.70. The fourth-order valence-corrected chi connectivity index (χ4v) is 3.98. The number of benzene rings is 2. The summed E-state index contributed by atoms with van der Waals surface area (Å²) < 4.78 is 0. The lowest BCUT2D eigenvalue weighted by Gasteiger charge is -2.48. The summed E-state index contributed by atoms with van der Waals surface area (Å²) >= 11 is 0. The monoisotopic (exact) mass is 309 g/mol. The van der Waals surface area contributed by atoms with Gasteiger partial charge < -0.3 is 10.4 Å². The van der Waals surface area contributed by atoms with Crippen molar-refractivity contribution < 1.29 is 5.11 Å². The molecule has 4 atom stereocenters. The molecule has 0 bridgehead atoms. The van der Waals surface area contributed by atoms with Crippen molar-refractivity contribution in [3.05, 3.63) is 71.8 Å². The van der Waals surface area contributed by atoms with E-state index in [1.807, 2.05) is 12.1 Å². The van der Waals surface area contributed by atoms with E-state index < -0.39 is 5.60 Å². The molecule has 2 aromatic rings. The summed E-state index contributed by atoms with van der Waals surface area (Å²) in [7, 11) is 0. The van der Waals surface area contributed by atoms with Crippen molar-refractivity contribution in [1.82, 2.24) is 5.32 Å². The minimum Gasteiger partial charge on any atom is -0.389 e. The van der Waals surface area contributed by atoms with Gasteiger partial charge in [-0.1, -0.05) is 80.9 Å². The van der Waals surface area contributed by atoms with Gasteiger partial charge in [-0.3, -0.25) is 0 Å². The molecule has 1 aliphatic heterocycles. The van der Waals surface area contributed by atoms with E-state index in [-0.39, 0.29) is 18.0 Å². The number of rotatable bonds is 4. The maximum atomic E-state index is 11.4. The van der Waals surface area contributed by atoms with Crippen LogP contribution in [0.25, 0.3) is 0 Å². The molecule has 0 unspecified atom stereocenters. The highest BCUT2D eigenvalue weighted by Gasteiger charge is 2.45. The largest absolute Gasteiger partial charge is 0.389 e. The number of nitrogens with one attached hydrogen (secondary N) is 1. The second kappa shape index (κ2) is 6.86. The SMILES string of the molecule is CCC[C@@]1(O)C[C@H](c2ccccc2)N[C@H](c2ccccc2)[C@@H]1C. The average molecular weight is 309 g/mol. The van der Waals surface area contributed by atoms with Gasteiger partial charge in [-0.05, 0) is 24.0 Å². The van der Waals surface area contributed by atoms with Gasteiger partial charge in [0.15, 0.2) is 0 Å². The third-order valence-corrected chi connectivity index (χ3v) is 5.33. The third kappa shape index (κ3) is 3.34. The van der Waals surface area contributed by atoms with Crippen LogP contribution in [0.1, 0.15) is 56.3 Å². The van der Waals surface area contributed by atoms with E-state index in [1.165, 1.54) is 11.1 Å². The Morgan fingerprint density at radius 2 is 1.57 bits per heavy atom. The Morgan fingerprint density at radius 3 is 2.13 bits per heavy atom. The van der Waals surface area contributed by atoms with Gasteiger partial charge in [0, 0.05) is 18.0 Å². The van der Waals surface area contributed by atoms with Crippen molar-refractivity contribution in [2.75, 3.05) is 0 Å². The van der Waals surface area contributed by atoms with Gasteiger partial charge in [0.05, 0.1) is 5.60 Å². The molecule has 0 radical (unpaired) electrons. The Hall–Kier alpha value is -1.64. The molecule has 3 rings (SSSR count). The molecule has 122 valence electrons. The Kier molecular flexibility index (Phi) is 4.84. The zero-order chi connectivity index (χ0) is 16.3. The molecule has 2 aromatic carbocycles. The molecule has 0 aromatic heterocycles. The summed E-state index contributed by atoms with van der Waals surface area (Å²) in [6.07, 6.45) is 2.63. The van der Waals surface area contributed by atoms with Gasteiger partial charge >= 0.3 is 0 Å². The minimum absolute atomic E-state index is 0.173. The lowest BCUT2D eigenvalue weighted by molar-refractivity contribution is -0.0743. The van der Waals surface area contributed by atoms with Crippen LogP contribution in [0.4, 0.5) is 0 Å². The van der Waals surface area contributed by atoms with Crippen molar-refractivity contribution in [2.24, 2.45) is 5.92 Å². The second-order valence-corrected chi connectivity index (χ2v) is 6.86. The first-order valence-corrected chi connectivity index (χ1v) is 8.72. The smallest absolute Gasteiger partial charge is 0.0709 e. The molecule has 2 N–H and O–H groups in total. The molecule has 1 saturated heterocycles. The Labute approximate surface area is 139 Å². The highest BCUT2D eigenvalue weighted by atomic mass is 16.3. The molecule has 1 fully saturated rings. The Balaban J connectivity index is 1.95. The highest BCUT2D eigenvalue weighted by molar-refractivity contribution is 5.26. The Bertz CT molecular complexity index is 612. The molecular weight excluding hydrogens is 282 g/mol. The fourth-order valence-electron chi connectivity index (χ4n) is 3.98. The van der Waals surface area contributed by atoms with Crippen molar-refractivity contribution >= 4 is 0 Å². The molecule has 0 amide bonds. The molecule has 2 heteroatoms. The van der Waals surface area contributed by atoms with Gasteiger partial charge in [0.25, 0.3) is 0 Å². The quantitative estimate of drug-likeness (QED) is 0.863. The summed E-state index contributed by atoms with van der Waals surface area (Å²) in [6.45, 7) is 4.34. The predicted molar refractivity (Wildman–Crippen MR) is 95.1 cm³/mol. The van der Waals surface area contributed by atoms with Crippen molar-refractivity contribution in [1.29, 1.82) is 0 Å². The summed E-state index contributed by atoms with van der Waals surface area (Å²) in [6, 6.07) is 21.4. The van der Waals surface area contributed by atoms with Crippen LogP contribution in [0.3, 0.4) is 0 Å². The van der Waals surface area contributed by atoms with Gasteiger partial charge in [-0.2, -0.15) is 0 Å². The fraction of sp³-hybridized carbons (Fsp3) is 0.429. The van der Waals surface area contributed by atoms with Crippen LogP contribution in [-0.4, -0.2) is 10.7 Å². The summed E-state index contributed by atoms with van der Waals surface area (Å²) in [5, 5.41) is 15.2. The average Bonchev–Trinajstić information content (AvgIpc) is 2.59. The van der Waals surface area contributed by atoms with Crippen molar-refractivity contribution in [2.45, 2.75) is 50.8 Å². The molecular formula is C21H27NO. The van der Waals surface area contributed by atoms with Gasteiger partial charge in [-0.25, -0.2) is 0 Å². The molecule has 0 spiro atoms. The number of hydrogen-bond acceptors (Lipinski definition) is 2. The molecule has 1 aliphatic rings. The van der Waals surface area contributed by atoms with Crippen LogP contribution in [0.15, 0.2) is 60.7 Å². The lowest BCUT2D eigenvalue weighted by Crippen LogP contribution is -2.52. The molecule has 1 heterocycles. The molecule has 2 nitrogen and oxygen atoms in total. The van der Waals surface area contributed by atoms with E-state index in [0.29, 0.717) is 0 Å². The van der Waals surface area contributed by atoms with Crippen molar-refractivity contribution in [3.8, 4) is 0 Å². The van der Waals surface area contributed by atoms with Crippen molar-refractivity contribution in [3.63, 3.8) is 0 Å². The normalized spacial score (nSPS) is 31.0. The first-order chi connectivity index (χ1) is 11.1. The third-order valence-electron chi connectivity index (χ3n) is 5.33. The van der Waals surface area contributed by atoms with Gasteiger partial charge in [0.2, 0.25) is 0 Å². The van der Waals surface area contributed by atoms with E-state index in [1.54, 1.807) is 0 Å². The first kappa shape index (κ1) is 16.2. The highest BCUT2D eigenvalue weighted by Crippen LogP contribution is 2.45. The van der Waals surface area contributed by atoms with E-state index in [9.17, 15) is 5.11 Å². The van der Waals surface area contributed by atoms with E-state index in [4.69, 9.17) is 0 Å². The summed E-state index contributed by atoms with van der Waals surface area (Å²) in [5.41, 5.74) is 1.89. The minimum atomic E-state index is -0.624. The van der Waals surface area contributed by atoms with Crippen LogP contribution in [0, 0.1) is 5.92 Å². The standard InChI is InChI=1S/C21H27NO/c1-3-14-21(23)15-19(17-10-6-4-7-11-17)22-20(16(21)2)18-12-8-5-9-13-18/h4-13,16,19-20,22-23H,3,14-15H2,1-2H3/t16-,19+,20-,21+/m0/s1. The summed E-state index contributed by atoms with van der Waals surface area (Å²) in [4.78, 5) is 0. The van der Waals surface area contributed by atoms with Crippen LogP contribution >= 0.6 is 0 Å². The number of aliphatic hydroxyl groups is 1. The molecule has 23 heavy (non-hydrogen) atoms. The van der Waals surface area contributed by atoms with E-state index in [2.05, 4.69) is 67.7 Å². The predicted octanol–water partition coefficient (Wildman–Crippen LogP) is 4.63. The van der Waals surface area contributed by atoms with Gasteiger partial charge in [0.1, 0.15) is 0 Å². The van der Waals surface area contributed by atoms with E-state index in [0.717, 1.165) is 19.3 Å². The Morgan fingerprint density at radius 1 is 1.00 bits per heavy atom. The molecule has 0 aliphatic carbocycles. The first-order valence-electron chi connectivity index (χ1n) is 8.72. The van der Waals surface area contributed by atoms with Gasteiger partial charge in [-0.15, -0.1) is 0 Å². The maximum absolute atomic E-state index is 11.4. The van der Waals surface area contributed by atoms with Crippen LogP contribution < -0.4 is 5.32 Å². The second-order valence-electron chi connectivity index (χ2n) is 6.86. The maximum Gasteiger partial charge on any atom is 0.0709 e. The van der Waals surface area contributed by atoms with Crippen LogP contribution in [0.2, 0.25) is 0 Å². The number of piperidine rings is 1. The summed E-state index contributed by atoms with van der Waals surface area (Å²) in [5.74, 6) is 0.185. The zero-order valence-corrected chi connectivity index (χ0v) is 14.1. The zero-order valence-electron chi connectivity index (χ0n) is 14.1. The van der Waals surface area contributed by atoms with E-state index >= 15 is 0 Å². The molecule has 0 saturated carbocycles. The topological polar surface area (TPSA) is 32.3 Å². The van der Waals surface area contributed by atoms with Crippen LogP contribution in [0.5, 0.6) is 0 Å². The van der Waals surface area contributed by atoms with Crippen LogP contribution in [-0.2, 0) is 0 Å². The number of hydrogen-bond donors (Lipinski definition) is 2.